The van der Waals surface area contributed by atoms with Crippen LogP contribution in [-0.2, 0) is 22.7 Å². The molecule has 2 aromatic carbocycles. The Morgan fingerprint density at radius 3 is 2.28 bits per heavy atom. The number of carbonyl (C=O) groups excluding carboxylic acids is 1. The van der Waals surface area contributed by atoms with Crippen LogP contribution < -0.4 is 10.1 Å². The number of benzene rings is 2. The zero-order valence-corrected chi connectivity index (χ0v) is 16.8. The molecule has 1 aliphatic rings. The molecule has 0 spiro atoms. The van der Waals surface area contributed by atoms with Gasteiger partial charge in [0.25, 0.3) is 0 Å². The molecule has 1 saturated heterocycles. The van der Waals surface area contributed by atoms with Crippen molar-refractivity contribution in [1.82, 2.24) is 10.2 Å². The van der Waals surface area contributed by atoms with Crippen molar-refractivity contribution in [2.45, 2.75) is 32.4 Å². The summed E-state index contributed by atoms with van der Waals surface area (Å²) >= 11 is 0. The van der Waals surface area contributed by atoms with Crippen molar-refractivity contribution in [3.63, 3.8) is 0 Å². The molecule has 0 aromatic heterocycles. The van der Waals surface area contributed by atoms with E-state index in [2.05, 4.69) is 22.3 Å². The van der Waals surface area contributed by atoms with Crippen LogP contribution >= 0.6 is 0 Å². The monoisotopic (exact) mass is 396 g/mol. The Morgan fingerprint density at radius 1 is 1.03 bits per heavy atom. The largest absolute Gasteiger partial charge is 0.497 e. The fourth-order valence-corrected chi connectivity index (χ4v) is 3.76. The smallest absolute Gasteiger partial charge is 0.310 e. The number of carboxylic acids is 1. The number of nitrogens with one attached hydrogen (secondary N) is 1. The number of carbonyl (C=O) groups is 2. The highest BCUT2D eigenvalue weighted by atomic mass is 16.5. The molecular formula is C23H28N2O4. The molecule has 2 N–H and O–H groups in total. The SMILES string of the molecule is COc1ccc(CNC(=O)CC2(C(=O)O)CCN(Cc3ccccc3)CC2)cc1. The molecule has 0 unspecified atom stereocenters. The number of likely N-dealkylation sites (tertiary alicyclic amines) is 1. The number of aliphatic carboxylic acids is 1. The molecule has 0 bridgehead atoms. The first kappa shape index (κ1) is 20.9. The first-order chi connectivity index (χ1) is 14.0. The molecule has 1 aliphatic heterocycles. The summed E-state index contributed by atoms with van der Waals surface area (Å²) in [6.45, 7) is 2.53. The van der Waals surface area contributed by atoms with E-state index in [9.17, 15) is 14.7 Å². The van der Waals surface area contributed by atoms with Crippen LogP contribution in [0.4, 0.5) is 0 Å². The Morgan fingerprint density at radius 2 is 1.69 bits per heavy atom. The van der Waals surface area contributed by atoms with Gasteiger partial charge in [-0.05, 0) is 49.2 Å². The normalized spacial score (nSPS) is 16.2. The number of nitrogens with zero attached hydrogens (tertiary/aromatic N) is 1. The Labute approximate surface area is 171 Å². The van der Waals surface area contributed by atoms with Crippen LogP contribution in [0.25, 0.3) is 0 Å². The standard InChI is InChI=1S/C23H28N2O4/c1-29-20-9-7-18(8-10-20)16-24-21(26)15-23(22(27)28)11-13-25(14-12-23)17-19-5-3-2-4-6-19/h2-10H,11-17H2,1H3,(H,24,26)(H,27,28). The van der Waals surface area contributed by atoms with Crippen LogP contribution in [0.15, 0.2) is 54.6 Å². The van der Waals surface area contributed by atoms with Gasteiger partial charge in [-0.15, -0.1) is 0 Å². The molecule has 2 aromatic rings. The van der Waals surface area contributed by atoms with Crippen LogP contribution in [0.2, 0.25) is 0 Å². The van der Waals surface area contributed by atoms with Gasteiger partial charge in [-0.3, -0.25) is 14.5 Å². The number of rotatable bonds is 8. The summed E-state index contributed by atoms with van der Waals surface area (Å²) in [7, 11) is 1.60. The summed E-state index contributed by atoms with van der Waals surface area (Å²) in [4.78, 5) is 26.7. The number of carboxylic acid groups (broad SMARTS) is 1. The molecule has 0 atom stereocenters. The first-order valence-electron chi connectivity index (χ1n) is 9.90. The zero-order chi connectivity index (χ0) is 20.7. The Kier molecular flexibility index (Phi) is 6.88. The Balaban J connectivity index is 1.52. The minimum Gasteiger partial charge on any atom is -0.497 e. The molecular weight excluding hydrogens is 368 g/mol. The predicted octanol–water partition coefficient (Wildman–Crippen LogP) is 3.07. The zero-order valence-electron chi connectivity index (χ0n) is 16.8. The van der Waals surface area contributed by atoms with Crippen LogP contribution in [0.3, 0.4) is 0 Å². The summed E-state index contributed by atoms with van der Waals surface area (Å²) in [5.74, 6) is -0.344. The number of hydrogen-bond acceptors (Lipinski definition) is 4. The van der Waals surface area contributed by atoms with Crippen molar-refractivity contribution in [3.8, 4) is 5.75 Å². The van der Waals surface area contributed by atoms with E-state index in [0.29, 0.717) is 32.5 Å². The van der Waals surface area contributed by atoms with E-state index in [1.54, 1.807) is 7.11 Å². The summed E-state index contributed by atoms with van der Waals surface area (Å²) in [5.41, 5.74) is 1.17. The summed E-state index contributed by atoms with van der Waals surface area (Å²) in [6.07, 6.45) is 0.966. The number of amides is 1. The lowest BCUT2D eigenvalue weighted by molar-refractivity contribution is -0.155. The molecule has 0 saturated carbocycles. The molecule has 6 heteroatoms. The number of hydrogen-bond donors (Lipinski definition) is 2. The average molecular weight is 396 g/mol. The topological polar surface area (TPSA) is 78.9 Å². The third-order valence-corrected chi connectivity index (χ3v) is 5.66. The van der Waals surface area contributed by atoms with Gasteiger partial charge < -0.3 is 15.2 Å². The van der Waals surface area contributed by atoms with E-state index in [0.717, 1.165) is 17.9 Å². The lowest BCUT2D eigenvalue weighted by atomic mass is 9.75. The van der Waals surface area contributed by atoms with Gasteiger partial charge in [0.15, 0.2) is 0 Å². The van der Waals surface area contributed by atoms with E-state index in [1.165, 1.54) is 5.56 Å². The van der Waals surface area contributed by atoms with Crippen molar-refractivity contribution in [2.24, 2.45) is 5.41 Å². The van der Waals surface area contributed by atoms with Crippen molar-refractivity contribution in [1.29, 1.82) is 0 Å². The Bertz CT molecular complexity index is 813. The third-order valence-electron chi connectivity index (χ3n) is 5.66. The lowest BCUT2D eigenvalue weighted by Gasteiger charge is -2.38. The maximum absolute atomic E-state index is 12.5. The van der Waals surface area contributed by atoms with Gasteiger partial charge in [0.2, 0.25) is 5.91 Å². The molecule has 6 nitrogen and oxygen atoms in total. The van der Waals surface area contributed by atoms with E-state index in [-0.39, 0.29) is 12.3 Å². The second-order valence-electron chi connectivity index (χ2n) is 7.65. The fraction of sp³-hybridized carbons (Fsp3) is 0.391. The average Bonchev–Trinajstić information content (AvgIpc) is 2.75. The second-order valence-corrected chi connectivity index (χ2v) is 7.65. The van der Waals surface area contributed by atoms with E-state index in [1.807, 2.05) is 42.5 Å². The second kappa shape index (κ2) is 9.56. The van der Waals surface area contributed by atoms with Gasteiger partial charge in [-0.25, -0.2) is 0 Å². The molecule has 29 heavy (non-hydrogen) atoms. The number of methoxy groups -OCH3 is 1. The van der Waals surface area contributed by atoms with E-state index in [4.69, 9.17) is 4.74 Å². The van der Waals surface area contributed by atoms with E-state index >= 15 is 0 Å². The highest BCUT2D eigenvalue weighted by molar-refractivity contribution is 5.85. The molecule has 0 radical (unpaired) electrons. The van der Waals surface area contributed by atoms with Crippen LogP contribution in [0.5, 0.6) is 5.75 Å². The fourth-order valence-electron chi connectivity index (χ4n) is 3.76. The predicted molar refractivity (Wildman–Crippen MR) is 110 cm³/mol. The van der Waals surface area contributed by atoms with Crippen LogP contribution in [-0.4, -0.2) is 42.1 Å². The quantitative estimate of drug-likeness (QED) is 0.717. The van der Waals surface area contributed by atoms with Gasteiger partial charge in [0.05, 0.1) is 12.5 Å². The summed E-state index contributed by atoms with van der Waals surface area (Å²) in [6, 6.07) is 17.6. The van der Waals surface area contributed by atoms with Crippen LogP contribution in [0, 0.1) is 5.41 Å². The lowest BCUT2D eigenvalue weighted by Crippen LogP contribution is -2.46. The summed E-state index contributed by atoms with van der Waals surface area (Å²) < 4.78 is 5.12. The molecule has 154 valence electrons. The minimum atomic E-state index is -0.989. The van der Waals surface area contributed by atoms with Gasteiger partial charge in [0, 0.05) is 19.5 Å². The highest BCUT2D eigenvalue weighted by Gasteiger charge is 2.43. The third kappa shape index (κ3) is 5.57. The number of piperidine rings is 1. The molecule has 3 rings (SSSR count). The summed E-state index contributed by atoms with van der Waals surface area (Å²) in [5, 5.41) is 12.7. The molecule has 1 fully saturated rings. The van der Waals surface area contributed by atoms with Gasteiger partial charge in [0.1, 0.15) is 5.75 Å². The first-order valence-corrected chi connectivity index (χ1v) is 9.90. The van der Waals surface area contributed by atoms with Crippen molar-refractivity contribution in [3.05, 3.63) is 65.7 Å². The maximum Gasteiger partial charge on any atom is 0.310 e. The van der Waals surface area contributed by atoms with Gasteiger partial charge in [-0.2, -0.15) is 0 Å². The minimum absolute atomic E-state index is 0.0116. The van der Waals surface area contributed by atoms with Gasteiger partial charge in [-0.1, -0.05) is 42.5 Å². The maximum atomic E-state index is 12.5. The van der Waals surface area contributed by atoms with E-state index < -0.39 is 11.4 Å². The number of ether oxygens (including phenoxy) is 1. The molecule has 1 amide bonds. The van der Waals surface area contributed by atoms with Gasteiger partial charge >= 0.3 is 5.97 Å². The highest BCUT2D eigenvalue weighted by Crippen LogP contribution is 2.36. The Hall–Kier alpha value is -2.86. The van der Waals surface area contributed by atoms with Crippen LogP contribution in [0.1, 0.15) is 30.4 Å². The molecule has 1 heterocycles. The molecule has 0 aliphatic carbocycles. The van der Waals surface area contributed by atoms with Crippen molar-refractivity contribution >= 4 is 11.9 Å². The van der Waals surface area contributed by atoms with Crippen molar-refractivity contribution < 1.29 is 19.4 Å². The van der Waals surface area contributed by atoms with Crippen molar-refractivity contribution in [2.75, 3.05) is 20.2 Å².